The summed E-state index contributed by atoms with van der Waals surface area (Å²) in [5.41, 5.74) is 2.72. The normalized spacial score (nSPS) is 26.6. The van der Waals surface area contributed by atoms with Gasteiger partial charge in [0.05, 0.1) is 6.61 Å². The zero-order valence-electron chi connectivity index (χ0n) is 22.6. The summed E-state index contributed by atoms with van der Waals surface area (Å²) in [6.45, 7) is 6.97. The molecule has 38 heavy (non-hydrogen) atoms. The summed E-state index contributed by atoms with van der Waals surface area (Å²) in [6.07, 6.45) is 10.3. The van der Waals surface area contributed by atoms with E-state index in [4.69, 9.17) is 10.5 Å². The van der Waals surface area contributed by atoms with Crippen molar-refractivity contribution in [1.29, 1.82) is 0 Å². The molecule has 2 heterocycles. The lowest BCUT2D eigenvalue weighted by Crippen LogP contribution is -2.53. The lowest BCUT2D eigenvalue weighted by atomic mass is 9.79. The number of piperidine rings is 1. The van der Waals surface area contributed by atoms with E-state index >= 15 is 4.39 Å². The van der Waals surface area contributed by atoms with Crippen LogP contribution in [-0.4, -0.2) is 71.8 Å². The maximum Gasteiger partial charge on any atom is 0.265 e. The Labute approximate surface area is 224 Å². The number of alkyl halides is 2. The molecule has 2 aliphatic heterocycles. The van der Waals surface area contributed by atoms with Crippen molar-refractivity contribution in [2.45, 2.75) is 75.7 Å². The molecule has 2 fully saturated rings. The first kappa shape index (κ1) is 28.3. The Morgan fingerprint density at radius 3 is 2.39 bits per heavy atom. The standard InChI is InChI=1S/C30H41F2N3O3/c1-3-29(31,4-2)21-34-18-14-22(15-19-34)20-38-24-12-10-23(11-13-24)25-8-5-6-16-30(25,32)28(37)35-17-7-9-26(35)27(33)36/h5-6,8,10-13,16,22,25-26H,3-4,7,9,14-15,17-21H2,1-2H3,(H2,33,36)/t25?,26-,30?/m0/s1. The molecule has 0 saturated carbocycles. The maximum atomic E-state index is 16.3. The van der Waals surface area contributed by atoms with E-state index in [1.54, 1.807) is 24.3 Å². The van der Waals surface area contributed by atoms with Gasteiger partial charge in [-0.05, 0) is 81.3 Å². The van der Waals surface area contributed by atoms with Crippen LogP contribution in [0.1, 0.15) is 63.9 Å². The predicted octanol–water partition coefficient (Wildman–Crippen LogP) is 4.70. The lowest BCUT2D eigenvalue weighted by Gasteiger charge is -2.36. The van der Waals surface area contributed by atoms with Gasteiger partial charge in [-0.3, -0.25) is 9.59 Å². The largest absolute Gasteiger partial charge is 0.493 e. The van der Waals surface area contributed by atoms with E-state index in [9.17, 15) is 14.0 Å². The summed E-state index contributed by atoms with van der Waals surface area (Å²) in [4.78, 5) is 28.6. The number of benzene rings is 1. The monoisotopic (exact) mass is 529 g/mol. The Hall–Kier alpha value is -2.74. The molecule has 3 aliphatic rings. The molecule has 208 valence electrons. The number of allylic oxidation sites excluding steroid dienone is 3. The van der Waals surface area contributed by atoms with Crippen LogP contribution >= 0.6 is 0 Å². The number of carbonyl (C=O) groups excluding carboxylic acids is 2. The molecule has 2 saturated heterocycles. The molecule has 4 rings (SSSR count). The molecule has 1 aromatic rings. The number of hydrogen-bond acceptors (Lipinski definition) is 4. The number of nitrogens with zero attached hydrogens (tertiary/aromatic N) is 2. The van der Waals surface area contributed by atoms with Crippen LogP contribution in [0.15, 0.2) is 48.6 Å². The molecule has 6 nitrogen and oxygen atoms in total. The summed E-state index contributed by atoms with van der Waals surface area (Å²) in [6, 6.07) is 6.43. The van der Waals surface area contributed by atoms with Gasteiger partial charge in [0.2, 0.25) is 11.6 Å². The minimum absolute atomic E-state index is 0.319. The van der Waals surface area contributed by atoms with Crippen LogP contribution in [0.25, 0.3) is 0 Å². The maximum absolute atomic E-state index is 16.3. The van der Waals surface area contributed by atoms with E-state index in [-0.39, 0.29) is 0 Å². The van der Waals surface area contributed by atoms with Gasteiger partial charge < -0.3 is 20.3 Å². The molecule has 3 atom stereocenters. The van der Waals surface area contributed by atoms with Crippen LogP contribution in [0.4, 0.5) is 8.78 Å². The number of likely N-dealkylation sites (tertiary alicyclic amines) is 2. The molecule has 1 aliphatic carbocycles. The zero-order valence-corrected chi connectivity index (χ0v) is 22.6. The molecule has 1 aromatic carbocycles. The van der Waals surface area contributed by atoms with E-state index < -0.39 is 35.1 Å². The highest BCUT2D eigenvalue weighted by molar-refractivity contribution is 5.94. The average Bonchev–Trinajstić information content (AvgIpc) is 3.43. The molecular weight excluding hydrogens is 488 g/mol. The highest BCUT2D eigenvalue weighted by Crippen LogP contribution is 2.40. The molecule has 0 spiro atoms. The number of amides is 2. The molecule has 0 bridgehead atoms. The number of ether oxygens (including phenoxy) is 1. The highest BCUT2D eigenvalue weighted by Gasteiger charge is 2.50. The van der Waals surface area contributed by atoms with Crippen molar-refractivity contribution < 1.29 is 23.1 Å². The van der Waals surface area contributed by atoms with E-state index in [1.165, 1.54) is 17.1 Å². The molecular formula is C30H41F2N3O3. The number of carbonyl (C=O) groups is 2. The minimum atomic E-state index is -2.30. The van der Waals surface area contributed by atoms with Crippen molar-refractivity contribution in [3.8, 4) is 5.75 Å². The van der Waals surface area contributed by atoms with Crippen LogP contribution < -0.4 is 10.5 Å². The van der Waals surface area contributed by atoms with Crippen LogP contribution in [-0.2, 0) is 9.59 Å². The van der Waals surface area contributed by atoms with E-state index in [0.717, 1.165) is 25.9 Å². The summed E-state index contributed by atoms with van der Waals surface area (Å²) in [5.74, 6) is -1.05. The fourth-order valence-corrected chi connectivity index (χ4v) is 5.87. The number of rotatable bonds is 10. The average molecular weight is 530 g/mol. The van der Waals surface area contributed by atoms with Crippen molar-refractivity contribution >= 4 is 11.8 Å². The first-order chi connectivity index (χ1) is 18.2. The topological polar surface area (TPSA) is 75.9 Å². The Morgan fingerprint density at radius 2 is 1.76 bits per heavy atom. The summed E-state index contributed by atoms with van der Waals surface area (Å²) >= 11 is 0. The van der Waals surface area contributed by atoms with Crippen LogP contribution in [0.5, 0.6) is 5.75 Å². The predicted molar refractivity (Wildman–Crippen MR) is 144 cm³/mol. The zero-order chi connectivity index (χ0) is 27.3. The second kappa shape index (κ2) is 12.0. The summed E-state index contributed by atoms with van der Waals surface area (Å²) in [5, 5.41) is 0. The second-order valence-corrected chi connectivity index (χ2v) is 11.0. The van der Waals surface area contributed by atoms with Crippen LogP contribution in [0, 0.1) is 5.92 Å². The lowest BCUT2D eigenvalue weighted by molar-refractivity contribution is -0.145. The van der Waals surface area contributed by atoms with Gasteiger partial charge in [0.15, 0.2) is 0 Å². The van der Waals surface area contributed by atoms with Crippen molar-refractivity contribution in [3.05, 3.63) is 54.1 Å². The second-order valence-electron chi connectivity index (χ2n) is 11.0. The Bertz CT molecular complexity index is 1030. The summed E-state index contributed by atoms with van der Waals surface area (Å²) in [7, 11) is 0. The third-order valence-corrected chi connectivity index (χ3v) is 8.58. The van der Waals surface area contributed by atoms with Gasteiger partial charge in [-0.2, -0.15) is 0 Å². The van der Waals surface area contributed by atoms with Gasteiger partial charge in [0, 0.05) is 19.0 Å². The van der Waals surface area contributed by atoms with E-state index in [1.807, 2.05) is 26.0 Å². The SMILES string of the molecule is CCC(F)(CC)CN1CCC(COc2ccc(C3C=CC=CC3(F)C(=O)N3CCC[C@H]3C(N)=O)cc2)CC1. The highest BCUT2D eigenvalue weighted by atomic mass is 19.1. The molecule has 0 radical (unpaired) electrons. The Balaban J connectivity index is 1.34. The number of halogens is 2. The first-order valence-corrected chi connectivity index (χ1v) is 14.0. The van der Waals surface area contributed by atoms with Gasteiger partial charge in [-0.1, -0.05) is 44.2 Å². The first-order valence-electron chi connectivity index (χ1n) is 14.0. The minimum Gasteiger partial charge on any atom is -0.493 e. The fraction of sp³-hybridized carbons (Fsp3) is 0.600. The number of nitrogens with two attached hydrogens (primary N) is 1. The Morgan fingerprint density at radius 1 is 1.08 bits per heavy atom. The van der Waals surface area contributed by atoms with Gasteiger partial charge in [0.1, 0.15) is 17.5 Å². The fourth-order valence-electron chi connectivity index (χ4n) is 5.87. The van der Waals surface area contributed by atoms with Gasteiger partial charge in [0.25, 0.3) is 5.91 Å². The Kier molecular flexibility index (Phi) is 8.91. The van der Waals surface area contributed by atoms with Crippen molar-refractivity contribution in [1.82, 2.24) is 9.80 Å². The van der Waals surface area contributed by atoms with Crippen LogP contribution in [0.3, 0.4) is 0 Å². The smallest absolute Gasteiger partial charge is 0.265 e. The third-order valence-electron chi connectivity index (χ3n) is 8.58. The summed E-state index contributed by atoms with van der Waals surface area (Å²) < 4.78 is 37.1. The molecule has 2 N–H and O–H groups in total. The van der Waals surface area contributed by atoms with Crippen LogP contribution in [0.2, 0.25) is 0 Å². The molecule has 0 aromatic heterocycles. The quantitative estimate of drug-likeness (QED) is 0.477. The van der Waals surface area contributed by atoms with Crippen molar-refractivity contribution in [2.75, 3.05) is 32.8 Å². The molecule has 2 unspecified atom stereocenters. The molecule has 8 heteroatoms. The van der Waals surface area contributed by atoms with E-state index in [0.29, 0.717) is 62.6 Å². The van der Waals surface area contributed by atoms with E-state index in [2.05, 4.69) is 4.90 Å². The van der Waals surface area contributed by atoms with Gasteiger partial charge in [-0.15, -0.1) is 0 Å². The number of hydrogen-bond donors (Lipinski definition) is 1. The van der Waals surface area contributed by atoms with Gasteiger partial charge in [-0.25, -0.2) is 8.78 Å². The van der Waals surface area contributed by atoms with Crippen molar-refractivity contribution in [2.24, 2.45) is 11.7 Å². The number of primary amides is 1. The van der Waals surface area contributed by atoms with Gasteiger partial charge >= 0.3 is 0 Å². The third kappa shape index (κ3) is 6.11. The molecule has 2 amide bonds. The van der Waals surface area contributed by atoms with Crippen molar-refractivity contribution in [3.63, 3.8) is 0 Å².